The van der Waals surface area contributed by atoms with Crippen LogP contribution in [0.25, 0.3) is 0 Å². The predicted molar refractivity (Wildman–Crippen MR) is 98.6 cm³/mol. The Labute approximate surface area is 159 Å². The maximum atomic E-state index is 12.9. The molecule has 1 aliphatic rings. The fraction of sp³-hybridized carbons (Fsp3) is 0.579. The monoisotopic (exact) mass is 380 g/mol. The van der Waals surface area contributed by atoms with Gasteiger partial charge in [-0.3, -0.25) is 9.69 Å². The summed E-state index contributed by atoms with van der Waals surface area (Å²) in [5.74, 6) is -1.21. The van der Waals surface area contributed by atoms with Crippen LogP contribution in [0.5, 0.6) is 0 Å². The molecule has 0 bridgehead atoms. The van der Waals surface area contributed by atoms with Gasteiger partial charge in [-0.05, 0) is 25.7 Å². The van der Waals surface area contributed by atoms with Crippen molar-refractivity contribution in [2.45, 2.75) is 39.2 Å². The van der Waals surface area contributed by atoms with E-state index in [0.29, 0.717) is 12.3 Å². The van der Waals surface area contributed by atoms with Gasteiger partial charge in [-0.15, -0.1) is 0 Å². The first-order valence-electron chi connectivity index (χ1n) is 8.89. The van der Waals surface area contributed by atoms with Gasteiger partial charge in [0, 0.05) is 12.2 Å². The van der Waals surface area contributed by atoms with Gasteiger partial charge >= 0.3 is 18.0 Å². The number of urea groups is 1. The average molecular weight is 380 g/mol. The zero-order valence-electron chi connectivity index (χ0n) is 16.2. The van der Waals surface area contributed by atoms with Crippen LogP contribution in [0.15, 0.2) is 25.3 Å². The molecule has 0 saturated carbocycles. The first-order chi connectivity index (χ1) is 12.7. The van der Waals surface area contributed by atoms with Gasteiger partial charge in [0.2, 0.25) is 0 Å². The lowest BCUT2D eigenvalue weighted by molar-refractivity contribution is -0.141. The third kappa shape index (κ3) is 5.67. The second-order valence-electron chi connectivity index (χ2n) is 6.84. The predicted octanol–water partition coefficient (Wildman–Crippen LogP) is 1.90. The van der Waals surface area contributed by atoms with Gasteiger partial charge in [-0.2, -0.15) is 0 Å². The third-order valence-electron chi connectivity index (χ3n) is 4.42. The van der Waals surface area contributed by atoms with E-state index in [4.69, 9.17) is 9.47 Å². The number of hydrogen-bond donors (Lipinski definition) is 0. The molecule has 0 N–H and O–H groups in total. The summed E-state index contributed by atoms with van der Waals surface area (Å²) in [6, 6.07) is -0.490. The summed E-state index contributed by atoms with van der Waals surface area (Å²) in [5.41, 5.74) is -1.04. The summed E-state index contributed by atoms with van der Waals surface area (Å²) >= 11 is 0. The van der Waals surface area contributed by atoms with Crippen molar-refractivity contribution < 1.29 is 28.7 Å². The Hall–Kier alpha value is -2.64. The molecule has 150 valence electrons. The minimum atomic E-state index is -1.04. The Morgan fingerprint density at radius 1 is 1.07 bits per heavy atom. The lowest BCUT2D eigenvalue weighted by Crippen LogP contribution is -2.48. The molecule has 8 heteroatoms. The van der Waals surface area contributed by atoms with Crippen LogP contribution in [0, 0.1) is 5.92 Å². The number of ether oxygens (including phenoxy) is 2. The number of hydrogen-bond acceptors (Lipinski definition) is 6. The maximum Gasteiger partial charge on any atom is 0.330 e. The molecule has 1 heterocycles. The second kappa shape index (κ2) is 9.89. The van der Waals surface area contributed by atoms with Crippen molar-refractivity contribution in [3.05, 3.63) is 25.3 Å². The number of carbonyl (C=O) groups is 4. The minimum Gasteiger partial charge on any atom is -0.461 e. The molecule has 0 aromatic carbocycles. The number of rotatable bonds is 11. The molecule has 0 aliphatic carbocycles. The molecule has 0 aromatic heterocycles. The normalized spacial score (nSPS) is 19.4. The summed E-state index contributed by atoms with van der Waals surface area (Å²) in [6.07, 6.45) is 3.28. The quantitative estimate of drug-likeness (QED) is 0.309. The Morgan fingerprint density at radius 3 is 2.07 bits per heavy atom. The fourth-order valence-corrected chi connectivity index (χ4v) is 2.79. The summed E-state index contributed by atoms with van der Waals surface area (Å²) < 4.78 is 9.83. The van der Waals surface area contributed by atoms with E-state index in [1.807, 2.05) is 13.8 Å². The molecule has 1 saturated heterocycles. The molecule has 1 fully saturated rings. The number of imide groups is 1. The van der Waals surface area contributed by atoms with Crippen molar-refractivity contribution in [3.63, 3.8) is 0 Å². The standard InChI is InChI=1S/C19H28N2O6/c1-6-15(22)26-12-10-20-17(24)19(5,9-8-14(3)4)21(18(20)25)11-13-27-16(23)7-2/h6-7,14H,1-2,8-13H2,3-5H3. The van der Waals surface area contributed by atoms with Crippen LogP contribution in [0.2, 0.25) is 0 Å². The van der Waals surface area contributed by atoms with E-state index in [9.17, 15) is 19.2 Å². The van der Waals surface area contributed by atoms with E-state index < -0.39 is 23.5 Å². The van der Waals surface area contributed by atoms with E-state index in [2.05, 4.69) is 13.2 Å². The molecular weight excluding hydrogens is 352 g/mol. The van der Waals surface area contributed by atoms with Gasteiger partial charge in [0.1, 0.15) is 18.8 Å². The SMILES string of the molecule is C=CC(=O)OCCN1C(=O)N(CCOC(=O)C=C)C(C)(CCC(C)C)C1=O. The van der Waals surface area contributed by atoms with Crippen LogP contribution < -0.4 is 0 Å². The molecule has 1 unspecified atom stereocenters. The van der Waals surface area contributed by atoms with Crippen LogP contribution in [0.4, 0.5) is 4.79 Å². The Kier molecular flexibility index (Phi) is 8.21. The molecule has 1 rings (SSSR count). The van der Waals surface area contributed by atoms with Crippen molar-refractivity contribution in [3.8, 4) is 0 Å². The number of carbonyl (C=O) groups excluding carboxylic acids is 4. The van der Waals surface area contributed by atoms with Gasteiger partial charge < -0.3 is 14.4 Å². The highest BCUT2D eigenvalue weighted by Gasteiger charge is 2.53. The lowest BCUT2D eigenvalue weighted by Gasteiger charge is -2.32. The third-order valence-corrected chi connectivity index (χ3v) is 4.42. The van der Waals surface area contributed by atoms with E-state index >= 15 is 0 Å². The van der Waals surface area contributed by atoms with Gasteiger partial charge in [0.15, 0.2) is 0 Å². The first kappa shape index (κ1) is 22.4. The van der Waals surface area contributed by atoms with E-state index in [1.165, 1.54) is 4.90 Å². The Morgan fingerprint density at radius 2 is 1.59 bits per heavy atom. The Bertz CT molecular complexity index is 615. The number of nitrogens with zero attached hydrogens (tertiary/aromatic N) is 2. The second-order valence-corrected chi connectivity index (χ2v) is 6.84. The molecule has 1 atom stereocenters. The van der Waals surface area contributed by atoms with Gasteiger partial charge in [-0.1, -0.05) is 27.0 Å². The average Bonchev–Trinajstić information content (AvgIpc) is 2.81. The fourth-order valence-electron chi connectivity index (χ4n) is 2.79. The van der Waals surface area contributed by atoms with Crippen LogP contribution in [-0.4, -0.2) is 65.5 Å². The summed E-state index contributed by atoms with van der Waals surface area (Å²) in [6.45, 7) is 12.3. The highest BCUT2D eigenvalue weighted by Crippen LogP contribution is 2.33. The molecule has 27 heavy (non-hydrogen) atoms. The lowest BCUT2D eigenvalue weighted by atomic mass is 9.90. The summed E-state index contributed by atoms with van der Waals surface area (Å²) in [4.78, 5) is 50.6. The van der Waals surface area contributed by atoms with Gasteiger partial charge in [0.25, 0.3) is 5.91 Å². The van der Waals surface area contributed by atoms with Gasteiger partial charge in [0.05, 0.1) is 13.1 Å². The van der Waals surface area contributed by atoms with Crippen molar-refractivity contribution in [2.75, 3.05) is 26.3 Å². The highest BCUT2D eigenvalue weighted by atomic mass is 16.5. The molecule has 0 aromatic rings. The zero-order chi connectivity index (χ0) is 20.6. The van der Waals surface area contributed by atoms with Gasteiger partial charge in [-0.25, -0.2) is 14.4 Å². The Balaban J connectivity index is 2.89. The maximum absolute atomic E-state index is 12.9. The molecule has 1 aliphatic heterocycles. The van der Waals surface area contributed by atoms with Crippen LogP contribution in [0.1, 0.15) is 33.6 Å². The molecule has 0 radical (unpaired) electrons. The molecule has 0 spiro atoms. The van der Waals surface area contributed by atoms with E-state index in [-0.39, 0.29) is 32.2 Å². The summed E-state index contributed by atoms with van der Waals surface area (Å²) in [5, 5.41) is 0. The first-order valence-corrected chi connectivity index (χ1v) is 8.89. The molecular formula is C19H28N2O6. The topological polar surface area (TPSA) is 93.2 Å². The largest absolute Gasteiger partial charge is 0.461 e. The number of amides is 3. The van der Waals surface area contributed by atoms with Crippen molar-refractivity contribution in [2.24, 2.45) is 5.92 Å². The zero-order valence-corrected chi connectivity index (χ0v) is 16.2. The van der Waals surface area contributed by atoms with Crippen LogP contribution in [0.3, 0.4) is 0 Å². The minimum absolute atomic E-state index is 0.0412. The van der Waals surface area contributed by atoms with Crippen molar-refractivity contribution in [1.82, 2.24) is 9.80 Å². The van der Waals surface area contributed by atoms with E-state index in [0.717, 1.165) is 23.5 Å². The number of esters is 2. The van der Waals surface area contributed by atoms with Crippen molar-refractivity contribution in [1.29, 1.82) is 0 Å². The highest BCUT2D eigenvalue weighted by molar-refractivity contribution is 6.06. The molecule has 8 nitrogen and oxygen atoms in total. The van der Waals surface area contributed by atoms with Crippen LogP contribution >= 0.6 is 0 Å². The smallest absolute Gasteiger partial charge is 0.330 e. The molecule has 3 amide bonds. The van der Waals surface area contributed by atoms with E-state index in [1.54, 1.807) is 6.92 Å². The van der Waals surface area contributed by atoms with Crippen molar-refractivity contribution >= 4 is 23.9 Å². The summed E-state index contributed by atoms with van der Waals surface area (Å²) in [7, 11) is 0. The van der Waals surface area contributed by atoms with Crippen LogP contribution in [-0.2, 0) is 23.9 Å².